The zero-order chi connectivity index (χ0) is 14.6. The van der Waals surface area contributed by atoms with Crippen LogP contribution in [0.25, 0.3) is 0 Å². The molecule has 1 N–H and O–H groups in total. The Kier molecular flexibility index (Phi) is 5.47. The summed E-state index contributed by atoms with van der Waals surface area (Å²) in [5.41, 5.74) is 0.708. The summed E-state index contributed by atoms with van der Waals surface area (Å²) in [6.07, 6.45) is 3.51. The van der Waals surface area contributed by atoms with Crippen molar-refractivity contribution in [3.8, 4) is 0 Å². The number of benzene rings is 1. The first-order chi connectivity index (χ1) is 9.53. The maximum Gasteiger partial charge on any atom is 0.157 e. The highest BCUT2D eigenvalue weighted by molar-refractivity contribution is 7.91. The smallest absolute Gasteiger partial charge is 0.157 e. The molecule has 0 saturated heterocycles. The average molecular weight is 316 g/mol. The van der Waals surface area contributed by atoms with Crippen molar-refractivity contribution in [1.82, 2.24) is 5.32 Å². The van der Waals surface area contributed by atoms with E-state index in [1.165, 1.54) is 0 Å². The minimum absolute atomic E-state index is 0.0534. The minimum Gasteiger partial charge on any atom is -0.314 e. The third kappa shape index (κ3) is 3.96. The molecule has 1 saturated carbocycles. The van der Waals surface area contributed by atoms with Crippen LogP contribution in [-0.2, 0) is 15.6 Å². The molecule has 2 rings (SSSR count). The van der Waals surface area contributed by atoms with Crippen LogP contribution in [-0.4, -0.2) is 26.3 Å². The number of hydrogen-bond acceptors (Lipinski definition) is 3. The van der Waals surface area contributed by atoms with Gasteiger partial charge in [-0.3, -0.25) is 0 Å². The number of halogens is 1. The second-order valence-corrected chi connectivity index (χ2v) is 8.17. The van der Waals surface area contributed by atoms with Crippen molar-refractivity contribution in [3.05, 3.63) is 34.9 Å². The Labute approximate surface area is 126 Å². The van der Waals surface area contributed by atoms with Crippen LogP contribution in [0.2, 0.25) is 5.02 Å². The van der Waals surface area contributed by atoms with Gasteiger partial charge in [-0.15, -0.1) is 0 Å². The van der Waals surface area contributed by atoms with Gasteiger partial charge in [-0.1, -0.05) is 36.7 Å². The van der Waals surface area contributed by atoms with Gasteiger partial charge in [-0.2, -0.15) is 0 Å². The van der Waals surface area contributed by atoms with Crippen LogP contribution in [0.5, 0.6) is 0 Å². The van der Waals surface area contributed by atoms with E-state index in [9.17, 15) is 8.42 Å². The van der Waals surface area contributed by atoms with E-state index in [1.807, 2.05) is 12.1 Å². The van der Waals surface area contributed by atoms with E-state index < -0.39 is 9.84 Å². The van der Waals surface area contributed by atoms with Gasteiger partial charge in [-0.05, 0) is 43.9 Å². The molecule has 20 heavy (non-hydrogen) atoms. The Morgan fingerprint density at radius 2 is 2.05 bits per heavy atom. The molecule has 0 bridgehead atoms. The van der Waals surface area contributed by atoms with Gasteiger partial charge in [0.2, 0.25) is 0 Å². The second kappa shape index (κ2) is 6.92. The predicted octanol–water partition coefficient (Wildman–Crippen LogP) is 3.18. The van der Waals surface area contributed by atoms with Crippen molar-refractivity contribution in [1.29, 1.82) is 0 Å². The van der Waals surface area contributed by atoms with Crippen LogP contribution in [0.15, 0.2) is 24.3 Å². The van der Waals surface area contributed by atoms with E-state index in [2.05, 4.69) is 12.2 Å². The summed E-state index contributed by atoms with van der Waals surface area (Å²) in [6.45, 7) is 3.08. The maximum absolute atomic E-state index is 12.5. The standard InChI is InChI=1S/C15H22ClNO2S/c1-2-9-17-13-7-8-14(10-13)20(18,19)11-12-5-3-4-6-15(12)16/h3-6,13-14,17H,2,7-11H2,1H3. The van der Waals surface area contributed by atoms with Crippen LogP contribution in [0.3, 0.4) is 0 Å². The number of hydrogen-bond donors (Lipinski definition) is 1. The number of rotatable bonds is 6. The molecular weight excluding hydrogens is 294 g/mol. The minimum atomic E-state index is -3.12. The van der Waals surface area contributed by atoms with Gasteiger partial charge in [-0.25, -0.2) is 8.42 Å². The molecule has 1 aliphatic rings. The molecular formula is C15H22ClNO2S. The van der Waals surface area contributed by atoms with E-state index in [0.29, 0.717) is 16.6 Å². The van der Waals surface area contributed by atoms with Gasteiger partial charge in [0.15, 0.2) is 9.84 Å². The van der Waals surface area contributed by atoms with Gasteiger partial charge >= 0.3 is 0 Å². The van der Waals surface area contributed by atoms with Gasteiger partial charge in [0.1, 0.15) is 0 Å². The summed E-state index contributed by atoms with van der Waals surface area (Å²) in [6, 6.07) is 7.53. The van der Waals surface area contributed by atoms with Gasteiger partial charge in [0.05, 0.1) is 11.0 Å². The molecule has 2 unspecified atom stereocenters. The van der Waals surface area contributed by atoms with Crippen LogP contribution >= 0.6 is 11.6 Å². The fourth-order valence-corrected chi connectivity index (χ4v) is 4.97. The zero-order valence-electron chi connectivity index (χ0n) is 11.8. The molecule has 2 atom stereocenters. The third-order valence-electron chi connectivity index (χ3n) is 3.89. The molecule has 0 spiro atoms. The van der Waals surface area contributed by atoms with Crippen molar-refractivity contribution < 1.29 is 8.42 Å². The lowest BCUT2D eigenvalue weighted by atomic mass is 10.2. The van der Waals surface area contributed by atoms with E-state index in [0.717, 1.165) is 32.2 Å². The predicted molar refractivity (Wildman–Crippen MR) is 83.8 cm³/mol. The second-order valence-electron chi connectivity index (χ2n) is 5.48. The van der Waals surface area contributed by atoms with Crippen molar-refractivity contribution in [2.75, 3.05) is 6.54 Å². The Morgan fingerprint density at radius 3 is 2.75 bits per heavy atom. The zero-order valence-corrected chi connectivity index (χ0v) is 13.4. The number of nitrogens with one attached hydrogen (secondary N) is 1. The Morgan fingerprint density at radius 1 is 1.30 bits per heavy atom. The summed E-state index contributed by atoms with van der Waals surface area (Å²) in [7, 11) is -3.12. The lowest BCUT2D eigenvalue weighted by molar-refractivity contribution is 0.520. The molecule has 1 fully saturated rings. The van der Waals surface area contributed by atoms with Gasteiger partial charge < -0.3 is 5.32 Å². The van der Waals surface area contributed by atoms with Crippen molar-refractivity contribution in [2.45, 2.75) is 49.7 Å². The summed E-state index contributed by atoms with van der Waals surface area (Å²) in [4.78, 5) is 0. The SMILES string of the molecule is CCCNC1CCC(S(=O)(=O)Cc2ccccc2Cl)C1. The maximum atomic E-state index is 12.5. The van der Waals surface area contributed by atoms with E-state index in [1.54, 1.807) is 12.1 Å². The normalized spacial score (nSPS) is 23.1. The number of sulfone groups is 1. The quantitative estimate of drug-likeness (QED) is 0.877. The van der Waals surface area contributed by atoms with Gasteiger partial charge in [0.25, 0.3) is 0 Å². The summed E-state index contributed by atoms with van der Waals surface area (Å²) < 4.78 is 25.0. The average Bonchev–Trinajstić information content (AvgIpc) is 2.88. The first-order valence-electron chi connectivity index (χ1n) is 7.21. The molecule has 0 aromatic heterocycles. The molecule has 0 aliphatic heterocycles. The van der Waals surface area contributed by atoms with Gasteiger partial charge in [0, 0.05) is 11.1 Å². The fraction of sp³-hybridized carbons (Fsp3) is 0.600. The van der Waals surface area contributed by atoms with E-state index >= 15 is 0 Å². The highest BCUT2D eigenvalue weighted by Gasteiger charge is 2.34. The monoisotopic (exact) mass is 315 g/mol. The Hall–Kier alpha value is -0.580. The van der Waals surface area contributed by atoms with Crippen molar-refractivity contribution >= 4 is 21.4 Å². The lowest BCUT2D eigenvalue weighted by Crippen LogP contribution is -2.29. The highest BCUT2D eigenvalue weighted by atomic mass is 35.5. The Balaban J connectivity index is 2.00. The van der Waals surface area contributed by atoms with Crippen LogP contribution in [0, 0.1) is 0 Å². The topological polar surface area (TPSA) is 46.2 Å². The third-order valence-corrected chi connectivity index (χ3v) is 6.42. The molecule has 3 nitrogen and oxygen atoms in total. The fourth-order valence-electron chi connectivity index (χ4n) is 2.75. The molecule has 0 amide bonds. The van der Waals surface area contributed by atoms with Crippen LogP contribution in [0.1, 0.15) is 38.2 Å². The highest BCUT2D eigenvalue weighted by Crippen LogP contribution is 2.29. The Bertz CT molecular complexity index is 545. The molecule has 1 aromatic rings. The molecule has 0 heterocycles. The summed E-state index contributed by atoms with van der Waals surface area (Å²) >= 11 is 6.06. The van der Waals surface area contributed by atoms with E-state index in [-0.39, 0.29) is 11.0 Å². The largest absolute Gasteiger partial charge is 0.314 e. The van der Waals surface area contributed by atoms with Crippen LogP contribution < -0.4 is 5.32 Å². The molecule has 1 aromatic carbocycles. The van der Waals surface area contributed by atoms with Crippen molar-refractivity contribution in [3.63, 3.8) is 0 Å². The molecule has 112 valence electrons. The first kappa shape index (κ1) is 15.8. The summed E-state index contributed by atoms with van der Waals surface area (Å²) in [5, 5.41) is 3.73. The van der Waals surface area contributed by atoms with E-state index in [4.69, 9.17) is 11.6 Å². The lowest BCUT2D eigenvalue weighted by Gasteiger charge is -2.14. The molecule has 1 aliphatic carbocycles. The molecule has 5 heteroatoms. The first-order valence-corrected chi connectivity index (χ1v) is 9.30. The van der Waals surface area contributed by atoms with Crippen molar-refractivity contribution in [2.24, 2.45) is 0 Å². The summed E-state index contributed by atoms with van der Waals surface area (Å²) in [5.74, 6) is 0.0534. The van der Waals surface area contributed by atoms with Crippen LogP contribution in [0.4, 0.5) is 0 Å². The molecule has 0 radical (unpaired) electrons.